The van der Waals surface area contributed by atoms with Gasteiger partial charge in [0, 0.05) is 25.7 Å². The van der Waals surface area contributed by atoms with Crippen LogP contribution < -0.4 is 10.5 Å². The Morgan fingerprint density at radius 1 is 1.30 bits per heavy atom. The fourth-order valence-electron chi connectivity index (χ4n) is 2.65. The molecule has 0 amide bonds. The van der Waals surface area contributed by atoms with E-state index in [2.05, 4.69) is 4.74 Å². The van der Waals surface area contributed by atoms with Crippen LogP contribution in [-0.4, -0.2) is 47.9 Å². The van der Waals surface area contributed by atoms with Gasteiger partial charge in [0.15, 0.2) is 6.61 Å². The summed E-state index contributed by atoms with van der Waals surface area (Å²) in [6.45, 7) is 0.177. The number of nitrogens with zero attached hydrogens (tertiary/aromatic N) is 1. The van der Waals surface area contributed by atoms with Crippen molar-refractivity contribution < 1.29 is 27.8 Å². The number of halogens is 3. The minimum absolute atomic E-state index is 0.143. The SMILES string of the molecule is NC1CC(C(=O)O)CN(Cc2ccc(OCC(F)(F)F)cc2)C1. The van der Waals surface area contributed by atoms with E-state index < -0.39 is 24.7 Å². The molecule has 3 N–H and O–H groups in total. The highest BCUT2D eigenvalue weighted by molar-refractivity contribution is 5.70. The molecule has 0 aromatic heterocycles. The molecule has 0 aliphatic carbocycles. The van der Waals surface area contributed by atoms with Crippen LogP contribution in [0.3, 0.4) is 0 Å². The topological polar surface area (TPSA) is 75.8 Å². The number of carboxylic acids is 1. The third kappa shape index (κ3) is 5.72. The van der Waals surface area contributed by atoms with Crippen LogP contribution in [0.15, 0.2) is 24.3 Å². The molecule has 2 atom stereocenters. The van der Waals surface area contributed by atoms with E-state index in [1.54, 1.807) is 12.1 Å². The molecule has 0 saturated carbocycles. The Morgan fingerprint density at radius 3 is 2.52 bits per heavy atom. The Balaban J connectivity index is 1.91. The number of nitrogens with two attached hydrogens (primary N) is 1. The molecule has 128 valence electrons. The van der Waals surface area contributed by atoms with Gasteiger partial charge in [-0.1, -0.05) is 12.1 Å². The molecular formula is C15H19F3N2O3. The van der Waals surface area contributed by atoms with Crippen LogP contribution in [0, 0.1) is 5.92 Å². The molecule has 0 radical (unpaired) electrons. The van der Waals surface area contributed by atoms with Crippen LogP contribution in [0.4, 0.5) is 13.2 Å². The van der Waals surface area contributed by atoms with Crippen molar-refractivity contribution in [3.8, 4) is 5.75 Å². The monoisotopic (exact) mass is 332 g/mol. The van der Waals surface area contributed by atoms with Crippen LogP contribution in [0.25, 0.3) is 0 Å². The maximum Gasteiger partial charge on any atom is 0.422 e. The number of benzene rings is 1. The maximum absolute atomic E-state index is 12.1. The number of ether oxygens (including phenoxy) is 1. The molecule has 1 fully saturated rings. The molecule has 1 aliphatic rings. The summed E-state index contributed by atoms with van der Waals surface area (Å²) in [6.07, 6.45) is -3.91. The number of hydrogen-bond acceptors (Lipinski definition) is 4. The lowest BCUT2D eigenvalue weighted by atomic mass is 9.94. The van der Waals surface area contributed by atoms with E-state index in [0.717, 1.165) is 5.56 Å². The summed E-state index contributed by atoms with van der Waals surface area (Å²) in [5.41, 5.74) is 6.74. The summed E-state index contributed by atoms with van der Waals surface area (Å²) < 4.78 is 40.9. The molecule has 8 heteroatoms. The van der Waals surface area contributed by atoms with Crippen molar-refractivity contribution in [3.05, 3.63) is 29.8 Å². The first kappa shape index (κ1) is 17.6. The van der Waals surface area contributed by atoms with Crippen molar-refractivity contribution in [3.63, 3.8) is 0 Å². The van der Waals surface area contributed by atoms with Crippen molar-refractivity contribution in [1.29, 1.82) is 0 Å². The van der Waals surface area contributed by atoms with E-state index in [9.17, 15) is 18.0 Å². The van der Waals surface area contributed by atoms with E-state index in [4.69, 9.17) is 10.8 Å². The van der Waals surface area contributed by atoms with Crippen molar-refractivity contribution >= 4 is 5.97 Å². The second-order valence-electron chi connectivity index (χ2n) is 5.77. The molecule has 1 saturated heterocycles. The largest absolute Gasteiger partial charge is 0.484 e. The number of rotatable bonds is 5. The summed E-state index contributed by atoms with van der Waals surface area (Å²) in [5, 5.41) is 9.11. The quantitative estimate of drug-likeness (QED) is 0.861. The molecular weight excluding hydrogens is 313 g/mol. The number of alkyl halides is 3. The van der Waals surface area contributed by atoms with Crippen molar-refractivity contribution in [2.45, 2.75) is 25.2 Å². The Bertz CT molecular complexity index is 534. The van der Waals surface area contributed by atoms with E-state index >= 15 is 0 Å². The van der Waals surface area contributed by atoms with E-state index in [-0.39, 0.29) is 11.8 Å². The van der Waals surface area contributed by atoms with Gasteiger partial charge in [-0.2, -0.15) is 13.2 Å². The smallest absolute Gasteiger partial charge is 0.422 e. The highest BCUT2D eigenvalue weighted by Crippen LogP contribution is 2.21. The van der Waals surface area contributed by atoms with Crippen molar-refractivity contribution in [2.75, 3.05) is 19.7 Å². The van der Waals surface area contributed by atoms with Crippen LogP contribution in [0.2, 0.25) is 0 Å². The predicted molar refractivity (Wildman–Crippen MR) is 77.0 cm³/mol. The van der Waals surface area contributed by atoms with Gasteiger partial charge in [-0.15, -0.1) is 0 Å². The fraction of sp³-hybridized carbons (Fsp3) is 0.533. The third-order valence-corrected chi connectivity index (χ3v) is 3.64. The van der Waals surface area contributed by atoms with Gasteiger partial charge >= 0.3 is 12.1 Å². The van der Waals surface area contributed by atoms with E-state index in [1.165, 1.54) is 12.1 Å². The minimum atomic E-state index is -4.37. The van der Waals surface area contributed by atoms with Crippen LogP contribution in [0.1, 0.15) is 12.0 Å². The number of carbonyl (C=O) groups is 1. The Labute approximate surface area is 131 Å². The molecule has 23 heavy (non-hydrogen) atoms. The number of carboxylic acid groups (broad SMARTS) is 1. The van der Waals surface area contributed by atoms with Crippen LogP contribution in [0.5, 0.6) is 5.75 Å². The lowest BCUT2D eigenvalue weighted by Crippen LogP contribution is -2.48. The molecule has 0 spiro atoms. The van der Waals surface area contributed by atoms with Gasteiger partial charge in [-0.25, -0.2) is 0 Å². The minimum Gasteiger partial charge on any atom is -0.484 e. The average molecular weight is 332 g/mol. The maximum atomic E-state index is 12.1. The normalized spacial score (nSPS) is 22.8. The molecule has 1 aromatic rings. The second-order valence-corrected chi connectivity index (χ2v) is 5.77. The van der Waals surface area contributed by atoms with Gasteiger partial charge in [-0.3, -0.25) is 9.69 Å². The zero-order valence-electron chi connectivity index (χ0n) is 12.4. The molecule has 1 heterocycles. The second kappa shape index (κ2) is 7.18. The lowest BCUT2D eigenvalue weighted by molar-refractivity contribution is -0.153. The molecule has 1 aromatic carbocycles. The molecule has 2 unspecified atom stereocenters. The predicted octanol–water partition coefficient (Wildman–Crippen LogP) is 1.86. The number of piperidine rings is 1. The van der Waals surface area contributed by atoms with Gasteiger partial charge in [0.2, 0.25) is 0 Å². The molecule has 2 rings (SSSR count). The fourth-order valence-corrected chi connectivity index (χ4v) is 2.65. The van der Waals surface area contributed by atoms with Gasteiger partial charge in [-0.05, 0) is 24.1 Å². The summed E-state index contributed by atoms with van der Waals surface area (Å²) in [7, 11) is 0. The summed E-state index contributed by atoms with van der Waals surface area (Å²) in [5.74, 6) is -1.21. The van der Waals surface area contributed by atoms with Crippen LogP contribution in [-0.2, 0) is 11.3 Å². The third-order valence-electron chi connectivity index (χ3n) is 3.64. The van der Waals surface area contributed by atoms with Gasteiger partial charge in [0.1, 0.15) is 5.75 Å². The van der Waals surface area contributed by atoms with Gasteiger partial charge in [0.25, 0.3) is 0 Å². The lowest BCUT2D eigenvalue weighted by Gasteiger charge is -2.34. The Kier molecular flexibility index (Phi) is 5.48. The summed E-state index contributed by atoms with van der Waals surface area (Å²) in [4.78, 5) is 13.0. The zero-order chi connectivity index (χ0) is 17.0. The first-order chi connectivity index (χ1) is 10.7. The van der Waals surface area contributed by atoms with E-state index in [0.29, 0.717) is 26.1 Å². The standard InChI is InChI=1S/C15H19F3N2O3/c16-15(17,18)9-23-13-3-1-10(2-4-13)6-20-7-11(14(21)22)5-12(19)8-20/h1-4,11-12H,5-9,19H2,(H,21,22). The zero-order valence-corrected chi connectivity index (χ0v) is 12.4. The van der Waals surface area contributed by atoms with Crippen LogP contribution >= 0.6 is 0 Å². The summed E-state index contributed by atoms with van der Waals surface area (Å²) >= 11 is 0. The Hall–Kier alpha value is -1.80. The van der Waals surface area contributed by atoms with Gasteiger partial charge < -0.3 is 15.6 Å². The van der Waals surface area contributed by atoms with E-state index in [1.807, 2.05) is 4.90 Å². The van der Waals surface area contributed by atoms with Crippen molar-refractivity contribution in [1.82, 2.24) is 4.90 Å². The molecule has 0 bridgehead atoms. The number of hydrogen-bond donors (Lipinski definition) is 2. The molecule has 5 nitrogen and oxygen atoms in total. The Morgan fingerprint density at radius 2 is 1.96 bits per heavy atom. The molecule has 1 aliphatic heterocycles. The van der Waals surface area contributed by atoms with Crippen molar-refractivity contribution in [2.24, 2.45) is 11.7 Å². The average Bonchev–Trinajstić information content (AvgIpc) is 2.45. The first-order valence-electron chi connectivity index (χ1n) is 7.22. The summed E-state index contributed by atoms with van der Waals surface area (Å²) in [6, 6.07) is 6.09. The number of aliphatic carboxylic acids is 1. The highest BCUT2D eigenvalue weighted by atomic mass is 19.4. The number of likely N-dealkylation sites (tertiary alicyclic amines) is 1. The first-order valence-corrected chi connectivity index (χ1v) is 7.22. The van der Waals surface area contributed by atoms with Gasteiger partial charge in [0.05, 0.1) is 5.92 Å². The highest BCUT2D eigenvalue weighted by Gasteiger charge is 2.30.